The number of esters is 1. The molecule has 2 aromatic rings. The van der Waals surface area contributed by atoms with Gasteiger partial charge in [0.15, 0.2) is 0 Å². The normalized spacial score (nSPS) is 23.3. The summed E-state index contributed by atoms with van der Waals surface area (Å²) >= 11 is 0. The summed E-state index contributed by atoms with van der Waals surface area (Å²) < 4.78 is 34.0. The molecule has 0 spiro atoms. The average Bonchev–Trinajstić information content (AvgIpc) is 2.75. The molecule has 2 aromatic carbocycles. The van der Waals surface area contributed by atoms with Gasteiger partial charge in [-0.2, -0.15) is 0 Å². The zero-order chi connectivity index (χ0) is 23.2. The first-order valence-electron chi connectivity index (χ1n) is 11.5. The molecule has 0 aromatic heterocycles. The minimum atomic E-state index is -0.243. The van der Waals surface area contributed by atoms with E-state index in [9.17, 15) is 13.6 Å². The van der Waals surface area contributed by atoms with Gasteiger partial charge in [0.05, 0.1) is 20.6 Å². The van der Waals surface area contributed by atoms with E-state index < -0.39 is 0 Å². The molecule has 0 atom stereocenters. The number of halogens is 2. The van der Waals surface area contributed by atoms with Crippen LogP contribution >= 0.6 is 0 Å². The molecule has 1 heterocycles. The second-order valence-corrected chi connectivity index (χ2v) is 9.72. The molecule has 0 bridgehead atoms. The van der Waals surface area contributed by atoms with Crippen LogP contribution in [0.1, 0.15) is 36.8 Å². The summed E-state index contributed by atoms with van der Waals surface area (Å²) in [6.45, 7) is 8.18. The molecule has 6 heteroatoms. The van der Waals surface area contributed by atoms with Gasteiger partial charge in [-0.25, -0.2) is 8.78 Å². The van der Waals surface area contributed by atoms with Gasteiger partial charge in [0.1, 0.15) is 51.0 Å². The molecule has 1 aliphatic rings. The van der Waals surface area contributed by atoms with E-state index in [0.29, 0.717) is 6.61 Å². The van der Waals surface area contributed by atoms with Crippen LogP contribution in [-0.4, -0.2) is 74.9 Å². The highest BCUT2D eigenvalue weighted by molar-refractivity contribution is 5.65. The van der Waals surface area contributed by atoms with Crippen LogP contribution in [0.25, 0.3) is 0 Å². The predicted octanol–water partition coefficient (Wildman–Crippen LogP) is 4.35. The number of benzene rings is 2. The molecule has 0 saturated carbocycles. The van der Waals surface area contributed by atoms with Gasteiger partial charge in [-0.05, 0) is 48.2 Å². The third-order valence-corrected chi connectivity index (χ3v) is 7.03. The van der Waals surface area contributed by atoms with Crippen molar-refractivity contribution in [3.8, 4) is 0 Å². The van der Waals surface area contributed by atoms with Gasteiger partial charge < -0.3 is 13.7 Å². The lowest BCUT2D eigenvalue weighted by molar-refractivity contribution is -1.02. The van der Waals surface area contributed by atoms with Crippen molar-refractivity contribution in [2.24, 2.45) is 0 Å². The van der Waals surface area contributed by atoms with Gasteiger partial charge in [0, 0.05) is 12.8 Å². The third kappa shape index (κ3) is 6.84. The van der Waals surface area contributed by atoms with Gasteiger partial charge in [-0.1, -0.05) is 24.3 Å². The Morgan fingerprint density at radius 1 is 0.844 bits per heavy atom. The molecular weight excluding hydrogens is 410 g/mol. The Kier molecular flexibility index (Phi) is 8.01. The number of carbonyl (C=O) groups excluding carboxylic acids is 1. The van der Waals surface area contributed by atoms with Crippen LogP contribution in [0.5, 0.6) is 0 Å². The van der Waals surface area contributed by atoms with Crippen LogP contribution in [0.2, 0.25) is 0 Å². The van der Waals surface area contributed by atoms with Crippen molar-refractivity contribution >= 4 is 5.97 Å². The van der Waals surface area contributed by atoms with Crippen LogP contribution in [0.3, 0.4) is 0 Å². The van der Waals surface area contributed by atoms with Crippen molar-refractivity contribution < 1.29 is 27.3 Å². The summed E-state index contributed by atoms with van der Waals surface area (Å²) in [5, 5.41) is 0. The molecule has 4 nitrogen and oxygen atoms in total. The molecule has 0 aliphatic carbocycles. The first-order chi connectivity index (χ1) is 15.2. The molecule has 3 rings (SSSR count). The fraction of sp³-hybridized carbons (Fsp3) is 0.500. The molecule has 174 valence electrons. The number of ether oxygens (including phenoxy) is 1. The van der Waals surface area contributed by atoms with E-state index in [1.54, 1.807) is 0 Å². The summed E-state index contributed by atoms with van der Waals surface area (Å²) in [5.74, 6) is -0.579. The molecule has 32 heavy (non-hydrogen) atoms. The minimum absolute atomic E-state index is 0.123. The van der Waals surface area contributed by atoms with Gasteiger partial charge in [-0.15, -0.1) is 0 Å². The summed E-state index contributed by atoms with van der Waals surface area (Å²) in [5.41, 5.74) is 2.13. The van der Waals surface area contributed by atoms with Crippen LogP contribution in [0.15, 0.2) is 48.5 Å². The van der Waals surface area contributed by atoms with Crippen molar-refractivity contribution in [3.63, 3.8) is 0 Å². The number of nitrogens with zero attached hydrogens (tertiary/aromatic N) is 2. The SMILES string of the molecule is CC(=O)OCC[N+]1(C)CC[N+](C)(CCCC(c2ccc(F)cc2)c2ccc(F)cc2)CC1. The largest absolute Gasteiger partial charge is 0.460 e. The summed E-state index contributed by atoms with van der Waals surface area (Å²) in [7, 11) is 4.56. The fourth-order valence-corrected chi connectivity index (χ4v) is 4.64. The second-order valence-electron chi connectivity index (χ2n) is 9.72. The number of likely N-dealkylation sites (N-methyl/N-ethyl adjacent to an activating group) is 2. The van der Waals surface area contributed by atoms with Gasteiger partial charge in [0.2, 0.25) is 0 Å². The summed E-state index contributed by atoms with van der Waals surface area (Å²) in [6, 6.07) is 13.4. The quantitative estimate of drug-likeness (QED) is 0.423. The van der Waals surface area contributed by atoms with Crippen molar-refractivity contribution in [2.75, 3.05) is 60.0 Å². The number of rotatable bonds is 9. The number of carbonyl (C=O) groups is 1. The number of quaternary nitrogens is 2. The monoisotopic (exact) mass is 446 g/mol. The Bertz CT molecular complexity index is 830. The Morgan fingerprint density at radius 2 is 1.28 bits per heavy atom. The van der Waals surface area contributed by atoms with E-state index in [4.69, 9.17) is 4.74 Å². The lowest BCUT2D eigenvalue weighted by Crippen LogP contribution is -2.64. The minimum Gasteiger partial charge on any atom is -0.460 e. The molecule has 1 saturated heterocycles. The Balaban J connectivity index is 1.58. The molecule has 0 amide bonds. The van der Waals surface area contributed by atoms with E-state index in [0.717, 1.165) is 72.2 Å². The topological polar surface area (TPSA) is 26.3 Å². The van der Waals surface area contributed by atoms with Crippen molar-refractivity contribution in [2.45, 2.75) is 25.7 Å². The highest BCUT2D eigenvalue weighted by Gasteiger charge is 2.36. The predicted molar refractivity (Wildman–Crippen MR) is 122 cm³/mol. The van der Waals surface area contributed by atoms with Crippen molar-refractivity contribution in [1.29, 1.82) is 0 Å². The Labute approximate surface area is 190 Å². The van der Waals surface area contributed by atoms with E-state index in [1.807, 2.05) is 24.3 Å². The van der Waals surface area contributed by atoms with Crippen LogP contribution in [-0.2, 0) is 9.53 Å². The van der Waals surface area contributed by atoms with Gasteiger partial charge in [0.25, 0.3) is 0 Å². The molecule has 1 fully saturated rings. The second kappa shape index (κ2) is 10.5. The van der Waals surface area contributed by atoms with Crippen molar-refractivity contribution in [3.05, 3.63) is 71.3 Å². The highest BCUT2D eigenvalue weighted by Crippen LogP contribution is 2.30. The highest BCUT2D eigenvalue weighted by atomic mass is 19.1. The lowest BCUT2D eigenvalue weighted by Gasteiger charge is -2.46. The van der Waals surface area contributed by atoms with Crippen molar-refractivity contribution in [1.82, 2.24) is 0 Å². The summed E-state index contributed by atoms with van der Waals surface area (Å²) in [6.07, 6.45) is 1.97. The maximum atomic E-state index is 13.5. The molecule has 0 N–H and O–H groups in total. The van der Waals surface area contributed by atoms with Gasteiger partial charge >= 0.3 is 5.97 Å². The Hall–Kier alpha value is -2.31. The first-order valence-corrected chi connectivity index (χ1v) is 11.5. The number of hydrogen-bond donors (Lipinski definition) is 0. The lowest BCUT2D eigenvalue weighted by atomic mass is 9.87. The maximum Gasteiger partial charge on any atom is 0.302 e. The fourth-order valence-electron chi connectivity index (χ4n) is 4.64. The maximum absolute atomic E-state index is 13.5. The number of hydrogen-bond acceptors (Lipinski definition) is 2. The smallest absolute Gasteiger partial charge is 0.302 e. The Morgan fingerprint density at radius 3 is 1.72 bits per heavy atom. The zero-order valence-corrected chi connectivity index (χ0v) is 19.5. The molecule has 1 aliphatic heterocycles. The third-order valence-electron chi connectivity index (χ3n) is 7.03. The van der Waals surface area contributed by atoms with E-state index in [1.165, 1.54) is 31.2 Å². The molecule has 0 unspecified atom stereocenters. The average molecular weight is 447 g/mol. The summed E-state index contributed by atoms with van der Waals surface area (Å²) in [4.78, 5) is 11.0. The van der Waals surface area contributed by atoms with E-state index >= 15 is 0 Å². The van der Waals surface area contributed by atoms with Crippen LogP contribution in [0.4, 0.5) is 8.78 Å². The van der Waals surface area contributed by atoms with E-state index in [-0.39, 0.29) is 23.5 Å². The standard InChI is InChI=1S/C26H36F2N2O2/c1-21(31)32-20-19-30(3)17-15-29(2,16-18-30)14-4-5-26(22-6-10-24(27)11-7-22)23-8-12-25(28)13-9-23/h6-13,26H,4-5,14-20H2,1-3H3/q+2. The molecule has 0 radical (unpaired) electrons. The van der Waals surface area contributed by atoms with E-state index in [2.05, 4.69) is 14.1 Å². The van der Waals surface area contributed by atoms with Crippen LogP contribution < -0.4 is 0 Å². The van der Waals surface area contributed by atoms with Crippen LogP contribution in [0, 0.1) is 11.6 Å². The molecular formula is C26H36F2N2O2+2. The first kappa shape index (κ1) is 24.3. The zero-order valence-electron chi connectivity index (χ0n) is 19.5. The number of piperazine rings is 1. The van der Waals surface area contributed by atoms with Gasteiger partial charge in [-0.3, -0.25) is 4.79 Å².